The lowest BCUT2D eigenvalue weighted by atomic mass is 10.1. The molecule has 29 heavy (non-hydrogen) atoms. The molecule has 150 valence electrons. The fraction of sp³-hybridized carbons (Fsp3) is 0.263. The SMILES string of the molecule is Cc1cccnc1-c1nnc2n1CCN(C(=O)c1cccc(C(F)(F)F)c1Cl)C2. The molecular formula is C19H15ClF3N5O. The minimum absolute atomic E-state index is 0.115. The molecule has 1 aromatic carbocycles. The Morgan fingerprint density at radius 3 is 2.66 bits per heavy atom. The van der Waals surface area contributed by atoms with Crippen molar-refractivity contribution in [3.8, 4) is 11.5 Å². The average Bonchev–Trinajstić information content (AvgIpc) is 3.10. The highest BCUT2D eigenvalue weighted by Gasteiger charge is 2.36. The fourth-order valence-electron chi connectivity index (χ4n) is 3.31. The minimum Gasteiger partial charge on any atom is -0.329 e. The largest absolute Gasteiger partial charge is 0.417 e. The summed E-state index contributed by atoms with van der Waals surface area (Å²) >= 11 is 5.90. The van der Waals surface area contributed by atoms with Gasteiger partial charge in [-0.3, -0.25) is 9.78 Å². The van der Waals surface area contributed by atoms with Gasteiger partial charge in [0.25, 0.3) is 5.91 Å². The summed E-state index contributed by atoms with van der Waals surface area (Å²) in [5.74, 6) is 0.556. The first-order chi connectivity index (χ1) is 13.8. The zero-order chi connectivity index (χ0) is 20.8. The molecule has 3 heterocycles. The molecule has 2 aromatic heterocycles. The second-order valence-electron chi connectivity index (χ2n) is 6.65. The number of carbonyl (C=O) groups excluding carboxylic acids is 1. The first kappa shape index (κ1) is 19.4. The number of nitrogens with zero attached hydrogens (tertiary/aromatic N) is 5. The number of amides is 1. The number of benzene rings is 1. The lowest BCUT2D eigenvalue weighted by molar-refractivity contribution is -0.137. The van der Waals surface area contributed by atoms with Crippen molar-refractivity contribution in [3.63, 3.8) is 0 Å². The number of rotatable bonds is 2. The van der Waals surface area contributed by atoms with Crippen LogP contribution in [0.4, 0.5) is 13.2 Å². The van der Waals surface area contributed by atoms with Crippen LogP contribution in [0.1, 0.15) is 27.3 Å². The van der Waals surface area contributed by atoms with Crippen molar-refractivity contribution in [2.75, 3.05) is 6.54 Å². The van der Waals surface area contributed by atoms with Crippen LogP contribution < -0.4 is 0 Å². The number of alkyl halides is 3. The Morgan fingerprint density at radius 1 is 1.14 bits per heavy atom. The molecule has 0 bridgehead atoms. The lowest BCUT2D eigenvalue weighted by Gasteiger charge is -2.28. The molecule has 0 saturated heterocycles. The van der Waals surface area contributed by atoms with E-state index in [-0.39, 0.29) is 18.7 Å². The number of halogens is 4. The van der Waals surface area contributed by atoms with Gasteiger partial charge in [-0.15, -0.1) is 10.2 Å². The Labute approximate surface area is 168 Å². The number of pyridine rings is 1. The maximum atomic E-state index is 13.1. The normalized spacial score (nSPS) is 14.0. The molecule has 0 saturated carbocycles. The van der Waals surface area contributed by atoms with Gasteiger partial charge in [-0.1, -0.05) is 23.7 Å². The van der Waals surface area contributed by atoms with E-state index in [0.717, 1.165) is 11.6 Å². The quantitative estimate of drug-likeness (QED) is 0.628. The fourth-order valence-corrected chi connectivity index (χ4v) is 3.63. The summed E-state index contributed by atoms with van der Waals surface area (Å²) < 4.78 is 41.1. The van der Waals surface area contributed by atoms with Crippen LogP contribution in [0.2, 0.25) is 5.02 Å². The maximum absolute atomic E-state index is 13.1. The third-order valence-corrected chi connectivity index (χ3v) is 5.20. The van der Waals surface area contributed by atoms with Crippen LogP contribution in [0.25, 0.3) is 11.5 Å². The molecule has 1 aliphatic heterocycles. The molecule has 6 nitrogen and oxygen atoms in total. The van der Waals surface area contributed by atoms with Gasteiger partial charge in [0.15, 0.2) is 11.6 Å². The molecule has 10 heteroatoms. The maximum Gasteiger partial charge on any atom is 0.417 e. The first-order valence-corrected chi connectivity index (χ1v) is 9.14. The Balaban J connectivity index is 1.62. The van der Waals surface area contributed by atoms with Gasteiger partial charge in [0, 0.05) is 19.3 Å². The van der Waals surface area contributed by atoms with Gasteiger partial charge in [0.05, 0.1) is 22.7 Å². The van der Waals surface area contributed by atoms with Crippen LogP contribution in [0.3, 0.4) is 0 Å². The monoisotopic (exact) mass is 421 g/mol. The van der Waals surface area contributed by atoms with E-state index in [4.69, 9.17) is 11.6 Å². The number of carbonyl (C=O) groups is 1. The molecule has 3 aromatic rings. The van der Waals surface area contributed by atoms with Gasteiger partial charge in [-0.25, -0.2) is 0 Å². The Hall–Kier alpha value is -2.94. The standard InChI is InChI=1S/C19H15ClF3N5O/c1-11-4-3-7-24-16(11)17-26-25-14-10-27(8-9-28(14)17)18(29)12-5-2-6-13(15(12)20)19(21,22)23/h2-7H,8-10H2,1H3. The summed E-state index contributed by atoms with van der Waals surface area (Å²) in [4.78, 5) is 18.6. The first-order valence-electron chi connectivity index (χ1n) is 8.76. The van der Waals surface area contributed by atoms with E-state index in [1.165, 1.54) is 17.0 Å². The van der Waals surface area contributed by atoms with E-state index in [0.29, 0.717) is 23.9 Å². The Bertz CT molecular complexity index is 1100. The van der Waals surface area contributed by atoms with Gasteiger partial charge in [0.1, 0.15) is 5.69 Å². The summed E-state index contributed by atoms with van der Waals surface area (Å²) in [5, 5.41) is 7.75. The lowest BCUT2D eigenvalue weighted by Crippen LogP contribution is -2.38. The molecule has 0 atom stereocenters. The molecule has 0 unspecified atom stereocenters. The molecular weight excluding hydrogens is 407 g/mol. The van der Waals surface area contributed by atoms with E-state index in [2.05, 4.69) is 15.2 Å². The molecule has 0 N–H and O–H groups in total. The predicted octanol–water partition coefficient (Wildman–Crippen LogP) is 3.98. The van der Waals surface area contributed by atoms with Crippen LogP contribution in [-0.2, 0) is 19.3 Å². The highest BCUT2D eigenvalue weighted by molar-refractivity contribution is 6.34. The predicted molar refractivity (Wildman–Crippen MR) is 99.2 cm³/mol. The molecule has 1 amide bonds. The second kappa shape index (κ2) is 7.14. The summed E-state index contributed by atoms with van der Waals surface area (Å²) in [7, 11) is 0. The Morgan fingerprint density at radius 2 is 1.93 bits per heavy atom. The van der Waals surface area contributed by atoms with Gasteiger partial charge >= 0.3 is 6.18 Å². The summed E-state index contributed by atoms with van der Waals surface area (Å²) in [6.45, 7) is 2.72. The molecule has 0 fully saturated rings. The van der Waals surface area contributed by atoms with E-state index in [1.807, 2.05) is 23.6 Å². The van der Waals surface area contributed by atoms with Crippen LogP contribution in [0, 0.1) is 6.92 Å². The molecule has 1 aliphatic rings. The van der Waals surface area contributed by atoms with E-state index in [9.17, 15) is 18.0 Å². The summed E-state index contributed by atoms with van der Waals surface area (Å²) in [6.07, 6.45) is -2.97. The zero-order valence-electron chi connectivity index (χ0n) is 15.2. The van der Waals surface area contributed by atoms with Crippen molar-refractivity contribution in [3.05, 3.63) is 64.1 Å². The van der Waals surface area contributed by atoms with Crippen LogP contribution >= 0.6 is 11.6 Å². The van der Waals surface area contributed by atoms with E-state index < -0.39 is 22.7 Å². The summed E-state index contributed by atoms with van der Waals surface area (Å²) in [5.41, 5.74) is 0.428. The Kier molecular flexibility index (Phi) is 4.77. The van der Waals surface area contributed by atoms with Gasteiger partial charge in [0.2, 0.25) is 0 Å². The number of hydrogen-bond acceptors (Lipinski definition) is 4. The van der Waals surface area contributed by atoms with Gasteiger partial charge < -0.3 is 9.47 Å². The zero-order valence-corrected chi connectivity index (χ0v) is 16.0. The highest BCUT2D eigenvalue weighted by atomic mass is 35.5. The number of aryl methyl sites for hydroxylation is 1. The third kappa shape index (κ3) is 3.46. The van der Waals surface area contributed by atoms with Crippen molar-refractivity contribution < 1.29 is 18.0 Å². The van der Waals surface area contributed by atoms with Gasteiger partial charge in [-0.05, 0) is 30.7 Å². The van der Waals surface area contributed by atoms with E-state index >= 15 is 0 Å². The number of aromatic nitrogens is 4. The number of fused-ring (bicyclic) bond motifs is 1. The second-order valence-corrected chi connectivity index (χ2v) is 7.03. The summed E-state index contributed by atoms with van der Waals surface area (Å²) in [6, 6.07) is 7.06. The molecule has 4 rings (SSSR count). The molecule has 0 aliphatic carbocycles. The van der Waals surface area contributed by atoms with E-state index in [1.54, 1.807) is 6.20 Å². The van der Waals surface area contributed by atoms with Crippen molar-refractivity contribution in [1.82, 2.24) is 24.6 Å². The topological polar surface area (TPSA) is 63.9 Å². The minimum atomic E-state index is -4.63. The van der Waals surface area contributed by atoms with Crippen molar-refractivity contribution in [2.24, 2.45) is 0 Å². The molecule has 0 spiro atoms. The van der Waals surface area contributed by atoms with Gasteiger partial charge in [-0.2, -0.15) is 13.2 Å². The number of hydrogen-bond donors (Lipinski definition) is 0. The van der Waals surface area contributed by atoms with Crippen LogP contribution in [-0.4, -0.2) is 37.1 Å². The molecule has 0 radical (unpaired) electrons. The highest BCUT2D eigenvalue weighted by Crippen LogP contribution is 2.36. The average molecular weight is 422 g/mol. The van der Waals surface area contributed by atoms with Crippen molar-refractivity contribution in [2.45, 2.75) is 26.2 Å². The third-order valence-electron chi connectivity index (χ3n) is 4.80. The van der Waals surface area contributed by atoms with Crippen LogP contribution in [0.15, 0.2) is 36.5 Å². The van der Waals surface area contributed by atoms with Crippen LogP contribution in [0.5, 0.6) is 0 Å². The smallest absolute Gasteiger partial charge is 0.329 e. The van der Waals surface area contributed by atoms with Crippen molar-refractivity contribution in [1.29, 1.82) is 0 Å². The van der Waals surface area contributed by atoms with Crippen molar-refractivity contribution >= 4 is 17.5 Å².